The first-order valence-electron chi connectivity index (χ1n) is 10.6. The van der Waals surface area contributed by atoms with Crippen molar-refractivity contribution in [3.05, 3.63) is 90.4 Å². The van der Waals surface area contributed by atoms with Gasteiger partial charge >= 0.3 is 0 Å². The fraction of sp³-hybridized carbons (Fsp3) is 0.0800. The van der Waals surface area contributed by atoms with Crippen LogP contribution in [0.3, 0.4) is 0 Å². The van der Waals surface area contributed by atoms with Gasteiger partial charge in [0.05, 0.1) is 12.0 Å². The topological polar surface area (TPSA) is 101 Å². The number of fused-ring (bicyclic) bond motifs is 1. The lowest BCUT2D eigenvalue weighted by atomic mass is 10.2. The van der Waals surface area contributed by atoms with Gasteiger partial charge in [-0.15, -0.1) is 10.2 Å². The maximum atomic E-state index is 12.5. The molecule has 0 spiro atoms. The summed E-state index contributed by atoms with van der Waals surface area (Å²) in [6.07, 6.45) is 6.93. The normalized spacial score (nSPS) is 11.3. The summed E-state index contributed by atoms with van der Waals surface area (Å²) in [7, 11) is 0. The molecule has 0 fully saturated rings. The third-order valence-corrected chi connectivity index (χ3v) is 6.14. The number of para-hydroxylation sites is 1. The second-order valence-electron chi connectivity index (χ2n) is 7.58. The van der Waals surface area contributed by atoms with Crippen molar-refractivity contribution in [3.8, 4) is 17.1 Å². The molecule has 0 unspecified atom stereocenters. The third-order valence-electron chi connectivity index (χ3n) is 5.21. The highest BCUT2D eigenvalue weighted by Crippen LogP contribution is 2.27. The van der Waals surface area contributed by atoms with Crippen LogP contribution < -0.4 is 5.43 Å². The number of benzene rings is 2. The number of rotatable bonds is 7. The molecule has 0 bridgehead atoms. The third kappa shape index (κ3) is 4.60. The lowest BCUT2D eigenvalue weighted by Gasteiger charge is -2.10. The Morgan fingerprint density at radius 3 is 2.71 bits per heavy atom. The van der Waals surface area contributed by atoms with Gasteiger partial charge in [-0.2, -0.15) is 5.10 Å². The Morgan fingerprint density at radius 1 is 1.09 bits per heavy atom. The number of amides is 1. The van der Waals surface area contributed by atoms with Crippen LogP contribution in [0.4, 0.5) is 0 Å². The van der Waals surface area contributed by atoms with Gasteiger partial charge in [-0.3, -0.25) is 14.3 Å². The first kappa shape index (κ1) is 21.6. The zero-order valence-electron chi connectivity index (χ0n) is 18.3. The van der Waals surface area contributed by atoms with Crippen LogP contribution in [0.15, 0.2) is 89.5 Å². The molecule has 0 saturated heterocycles. The number of nitrogens with one attached hydrogen (secondary N) is 2. The molecule has 0 aliphatic heterocycles. The molecule has 0 saturated carbocycles. The SMILES string of the molecule is Cc1ccc(-n2c(SCC(=O)N/N=C/c3c[nH]c4ccccc34)nnc2-c2ccncc2)cc1. The molecule has 168 valence electrons. The van der Waals surface area contributed by atoms with Crippen LogP contribution in [0.25, 0.3) is 28.0 Å². The summed E-state index contributed by atoms with van der Waals surface area (Å²) in [6.45, 7) is 2.04. The largest absolute Gasteiger partial charge is 0.361 e. The Bertz CT molecular complexity index is 1460. The van der Waals surface area contributed by atoms with E-state index in [1.54, 1.807) is 18.6 Å². The Morgan fingerprint density at radius 2 is 1.88 bits per heavy atom. The minimum atomic E-state index is -0.231. The van der Waals surface area contributed by atoms with Crippen LogP contribution in [0, 0.1) is 6.92 Å². The van der Waals surface area contributed by atoms with Crippen molar-refractivity contribution in [2.45, 2.75) is 12.1 Å². The van der Waals surface area contributed by atoms with E-state index < -0.39 is 0 Å². The minimum absolute atomic E-state index is 0.144. The molecule has 5 aromatic rings. The molecule has 34 heavy (non-hydrogen) atoms. The molecule has 5 rings (SSSR count). The molecule has 3 aromatic heterocycles. The van der Waals surface area contributed by atoms with E-state index in [2.05, 4.69) is 30.7 Å². The van der Waals surface area contributed by atoms with Crippen LogP contribution in [-0.2, 0) is 4.79 Å². The first-order chi connectivity index (χ1) is 16.7. The maximum absolute atomic E-state index is 12.5. The number of aromatic amines is 1. The molecular formula is C25H21N7OS. The molecule has 2 N–H and O–H groups in total. The first-order valence-corrected chi connectivity index (χ1v) is 11.6. The predicted molar refractivity (Wildman–Crippen MR) is 134 cm³/mol. The van der Waals surface area contributed by atoms with Crippen molar-refractivity contribution >= 4 is 34.8 Å². The molecule has 9 heteroatoms. The molecule has 0 radical (unpaired) electrons. The van der Waals surface area contributed by atoms with Gasteiger partial charge in [-0.25, -0.2) is 5.43 Å². The summed E-state index contributed by atoms with van der Waals surface area (Å²) in [4.78, 5) is 19.7. The number of pyridine rings is 1. The quantitative estimate of drug-likeness (QED) is 0.210. The number of aromatic nitrogens is 5. The van der Waals surface area contributed by atoms with Crippen molar-refractivity contribution in [3.63, 3.8) is 0 Å². The van der Waals surface area contributed by atoms with E-state index in [0.29, 0.717) is 11.0 Å². The van der Waals surface area contributed by atoms with Crippen molar-refractivity contribution in [2.75, 3.05) is 5.75 Å². The van der Waals surface area contributed by atoms with E-state index in [1.807, 2.05) is 78.4 Å². The summed E-state index contributed by atoms with van der Waals surface area (Å²) < 4.78 is 1.95. The van der Waals surface area contributed by atoms with Gasteiger partial charge in [0.25, 0.3) is 5.91 Å². The van der Waals surface area contributed by atoms with E-state index in [-0.39, 0.29) is 11.7 Å². The number of carbonyl (C=O) groups excluding carboxylic acids is 1. The summed E-state index contributed by atoms with van der Waals surface area (Å²) in [5, 5.41) is 14.5. The summed E-state index contributed by atoms with van der Waals surface area (Å²) in [5.74, 6) is 0.600. The lowest BCUT2D eigenvalue weighted by Crippen LogP contribution is -2.20. The van der Waals surface area contributed by atoms with Gasteiger partial charge in [0.2, 0.25) is 0 Å². The average Bonchev–Trinajstić information content (AvgIpc) is 3.48. The minimum Gasteiger partial charge on any atom is -0.361 e. The second kappa shape index (κ2) is 9.72. The monoisotopic (exact) mass is 467 g/mol. The molecule has 0 aliphatic carbocycles. The number of hydrogen-bond donors (Lipinski definition) is 2. The van der Waals surface area contributed by atoms with Crippen molar-refractivity contribution in [1.82, 2.24) is 30.2 Å². The zero-order valence-corrected chi connectivity index (χ0v) is 19.2. The van der Waals surface area contributed by atoms with E-state index in [1.165, 1.54) is 11.8 Å². The van der Waals surface area contributed by atoms with Crippen molar-refractivity contribution in [1.29, 1.82) is 0 Å². The van der Waals surface area contributed by atoms with Gasteiger partial charge in [0, 0.05) is 46.3 Å². The zero-order chi connectivity index (χ0) is 23.3. The average molecular weight is 468 g/mol. The Labute approximate surface area is 200 Å². The number of H-pyrrole nitrogens is 1. The highest BCUT2D eigenvalue weighted by molar-refractivity contribution is 7.99. The predicted octanol–water partition coefficient (Wildman–Crippen LogP) is 4.36. The van der Waals surface area contributed by atoms with Crippen molar-refractivity contribution < 1.29 is 4.79 Å². The highest BCUT2D eigenvalue weighted by Gasteiger charge is 2.17. The van der Waals surface area contributed by atoms with E-state index in [4.69, 9.17) is 0 Å². The molecule has 0 atom stereocenters. The van der Waals surface area contributed by atoms with Crippen LogP contribution in [0.1, 0.15) is 11.1 Å². The van der Waals surface area contributed by atoms with Crippen LogP contribution in [0.5, 0.6) is 0 Å². The van der Waals surface area contributed by atoms with E-state index in [9.17, 15) is 4.79 Å². The van der Waals surface area contributed by atoms with E-state index in [0.717, 1.165) is 33.3 Å². The number of hydrogen-bond acceptors (Lipinski definition) is 6. The number of thioether (sulfide) groups is 1. The van der Waals surface area contributed by atoms with Gasteiger partial charge in [0.1, 0.15) is 0 Å². The number of hydrazone groups is 1. The molecule has 1 amide bonds. The number of aryl methyl sites for hydroxylation is 1. The Balaban J connectivity index is 1.31. The maximum Gasteiger partial charge on any atom is 0.250 e. The molecule has 3 heterocycles. The van der Waals surface area contributed by atoms with Crippen LogP contribution in [-0.4, -0.2) is 42.6 Å². The smallest absolute Gasteiger partial charge is 0.250 e. The lowest BCUT2D eigenvalue weighted by molar-refractivity contribution is -0.118. The van der Waals surface area contributed by atoms with Crippen LogP contribution >= 0.6 is 11.8 Å². The molecule has 0 aliphatic rings. The molecular weight excluding hydrogens is 446 g/mol. The summed E-state index contributed by atoms with van der Waals surface area (Å²) in [6, 6.07) is 19.8. The standard InChI is InChI=1S/C25H21N7OS/c1-17-6-8-20(9-7-17)32-24(18-10-12-26-13-11-18)30-31-25(32)34-16-23(33)29-28-15-19-14-27-22-5-3-2-4-21(19)22/h2-15,27H,16H2,1H3,(H,29,33)/b28-15+. The summed E-state index contributed by atoms with van der Waals surface area (Å²) >= 11 is 1.30. The Hall–Kier alpha value is -4.24. The highest BCUT2D eigenvalue weighted by atomic mass is 32.2. The van der Waals surface area contributed by atoms with Gasteiger partial charge in [0.15, 0.2) is 11.0 Å². The van der Waals surface area contributed by atoms with E-state index >= 15 is 0 Å². The second-order valence-corrected chi connectivity index (χ2v) is 8.53. The molecule has 8 nitrogen and oxygen atoms in total. The fourth-order valence-corrected chi connectivity index (χ4v) is 4.26. The van der Waals surface area contributed by atoms with Gasteiger partial charge in [-0.1, -0.05) is 47.7 Å². The fourth-order valence-electron chi connectivity index (χ4n) is 3.51. The molecule has 2 aromatic carbocycles. The van der Waals surface area contributed by atoms with Crippen molar-refractivity contribution in [2.24, 2.45) is 5.10 Å². The van der Waals surface area contributed by atoms with Gasteiger partial charge in [-0.05, 0) is 37.3 Å². The number of carbonyl (C=O) groups is 1. The van der Waals surface area contributed by atoms with Gasteiger partial charge < -0.3 is 4.98 Å². The van der Waals surface area contributed by atoms with Crippen LogP contribution in [0.2, 0.25) is 0 Å². The summed E-state index contributed by atoms with van der Waals surface area (Å²) in [5.41, 5.74) is 7.48. The Kier molecular flexibility index (Phi) is 6.17. The number of nitrogens with zero attached hydrogens (tertiary/aromatic N) is 5.